The minimum atomic E-state index is -4.62. The molecule has 2 rings (SSSR count). The average molecular weight is 278 g/mol. The fourth-order valence-electron chi connectivity index (χ4n) is 1.90. The molecule has 92 valence electrons. The number of fused-ring (bicyclic) bond motifs is 1. The second-order valence-corrected chi connectivity index (χ2v) is 6.03. The molecule has 0 aliphatic heterocycles. The summed E-state index contributed by atoms with van der Waals surface area (Å²) in [5.74, 6) is -1.20. The van der Waals surface area contributed by atoms with Crippen LogP contribution in [-0.2, 0) is 10.1 Å². The Morgan fingerprint density at radius 3 is 2.17 bits per heavy atom. The van der Waals surface area contributed by atoms with Gasteiger partial charge in [0.25, 0.3) is 10.1 Å². The monoisotopic (exact) mass is 278 g/mol. The van der Waals surface area contributed by atoms with Crippen molar-refractivity contribution in [2.75, 3.05) is 0 Å². The van der Waals surface area contributed by atoms with Crippen LogP contribution in [0.3, 0.4) is 0 Å². The van der Waals surface area contributed by atoms with E-state index >= 15 is 0 Å². The van der Waals surface area contributed by atoms with Gasteiger partial charge in [-0.15, -0.1) is 0 Å². The number of benzene rings is 1. The Bertz CT molecular complexity index is 622. The summed E-state index contributed by atoms with van der Waals surface area (Å²) in [6.45, 7) is 1.07. The van der Waals surface area contributed by atoms with Crippen LogP contribution in [0.4, 0.5) is 0 Å². The Hall–Kier alpha value is -0.530. The van der Waals surface area contributed by atoms with Gasteiger partial charge >= 0.3 is 29.6 Å². The second kappa shape index (κ2) is 4.86. The van der Waals surface area contributed by atoms with Gasteiger partial charge in [0, 0.05) is 17.5 Å². The first kappa shape index (κ1) is 15.5. The van der Waals surface area contributed by atoms with E-state index in [2.05, 4.69) is 0 Å². The summed E-state index contributed by atoms with van der Waals surface area (Å²) in [7, 11) is -4.62. The molecule has 18 heavy (non-hydrogen) atoms. The van der Waals surface area contributed by atoms with Crippen LogP contribution < -0.4 is 0 Å². The van der Waals surface area contributed by atoms with Crippen molar-refractivity contribution in [3.05, 3.63) is 35.4 Å². The van der Waals surface area contributed by atoms with Crippen molar-refractivity contribution < 1.29 is 22.6 Å². The summed E-state index contributed by atoms with van der Waals surface area (Å²) in [6, 6.07) is 6.00. The summed E-state index contributed by atoms with van der Waals surface area (Å²) in [6.07, 6.45) is -0.526. The maximum absolute atomic E-state index is 12.0. The van der Waals surface area contributed by atoms with Crippen molar-refractivity contribution in [2.24, 2.45) is 0 Å². The fraction of sp³-hybridized carbons (Fsp3) is 0.273. The van der Waals surface area contributed by atoms with E-state index in [-0.39, 0.29) is 40.7 Å². The van der Waals surface area contributed by atoms with Gasteiger partial charge < -0.3 is 0 Å². The molecule has 1 aliphatic rings. The van der Waals surface area contributed by atoms with Gasteiger partial charge in [-0.2, -0.15) is 8.42 Å². The Kier molecular flexibility index (Phi) is 4.19. The molecule has 0 aromatic heterocycles. The van der Waals surface area contributed by atoms with Crippen molar-refractivity contribution in [2.45, 2.75) is 18.1 Å². The molecule has 1 unspecified atom stereocenters. The van der Waals surface area contributed by atoms with Gasteiger partial charge in [-0.3, -0.25) is 14.1 Å². The normalized spacial score (nSPS) is 23.2. The van der Waals surface area contributed by atoms with Gasteiger partial charge in [0.1, 0.15) is 0 Å². The van der Waals surface area contributed by atoms with E-state index in [1.165, 1.54) is 12.1 Å². The number of carbonyl (C=O) groups excluding carboxylic acids is 2. The number of ketones is 2. The van der Waals surface area contributed by atoms with E-state index in [1.54, 1.807) is 12.1 Å². The summed E-state index contributed by atoms with van der Waals surface area (Å²) in [5.41, 5.74) is 0.252. The first-order valence-corrected chi connectivity index (χ1v) is 6.35. The molecule has 0 fully saturated rings. The van der Waals surface area contributed by atoms with Gasteiger partial charge in [0.05, 0.1) is 0 Å². The number of hydrogen-bond donors (Lipinski definition) is 1. The molecular formula is C11H11NaO5S. The zero-order valence-electron chi connectivity index (χ0n) is 9.00. The van der Waals surface area contributed by atoms with E-state index in [9.17, 15) is 18.0 Å². The van der Waals surface area contributed by atoms with Crippen LogP contribution in [0.1, 0.15) is 34.1 Å². The van der Waals surface area contributed by atoms with Crippen LogP contribution in [0.5, 0.6) is 0 Å². The molecule has 0 heterocycles. The molecule has 0 amide bonds. The average Bonchev–Trinajstić information content (AvgIpc) is 2.25. The van der Waals surface area contributed by atoms with Gasteiger partial charge in [-0.25, -0.2) is 0 Å². The third-order valence-corrected chi connectivity index (χ3v) is 4.49. The van der Waals surface area contributed by atoms with Crippen molar-refractivity contribution in [1.29, 1.82) is 0 Å². The summed E-state index contributed by atoms with van der Waals surface area (Å²) >= 11 is 0. The van der Waals surface area contributed by atoms with Crippen LogP contribution >= 0.6 is 0 Å². The summed E-state index contributed by atoms with van der Waals surface area (Å²) < 4.78 is 29.6. The predicted octanol–water partition coefficient (Wildman–Crippen LogP) is 0.454. The Morgan fingerprint density at radius 2 is 1.67 bits per heavy atom. The van der Waals surface area contributed by atoms with Gasteiger partial charge in [-0.05, 0) is 6.92 Å². The van der Waals surface area contributed by atoms with Crippen LogP contribution in [-0.4, -0.2) is 58.8 Å². The molecule has 0 radical (unpaired) electrons. The van der Waals surface area contributed by atoms with E-state index in [0.717, 1.165) is 6.92 Å². The molecule has 0 saturated carbocycles. The number of Topliss-reactive ketones (excluding diaryl/α,β-unsaturated/α-hetero) is 2. The van der Waals surface area contributed by atoms with E-state index < -0.39 is 32.9 Å². The molecule has 0 spiro atoms. The van der Waals surface area contributed by atoms with Crippen LogP contribution in [0.15, 0.2) is 24.3 Å². The predicted molar refractivity (Wildman–Crippen MR) is 66.8 cm³/mol. The Balaban J connectivity index is 0.00000162. The van der Waals surface area contributed by atoms with E-state index in [0.29, 0.717) is 0 Å². The third-order valence-electron chi connectivity index (χ3n) is 3.02. The zero-order valence-corrected chi connectivity index (χ0v) is 9.82. The topological polar surface area (TPSA) is 88.5 Å². The van der Waals surface area contributed by atoms with Crippen LogP contribution in [0.2, 0.25) is 0 Å². The third kappa shape index (κ3) is 2.19. The van der Waals surface area contributed by atoms with Gasteiger partial charge in [0.15, 0.2) is 16.3 Å². The van der Waals surface area contributed by atoms with Gasteiger partial charge in [-0.1, -0.05) is 24.3 Å². The molecule has 1 aromatic rings. The van der Waals surface area contributed by atoms with Crippen molar-refractivity contribution in [1.82, 2.24) is 0 Å². The van der Waals surface area contributed by atoms with Crippen LogP contribution in [0.25, 0.3) is 0 Å². The number of rotatable bonds is 1. The zero-order chi connectivity index (χ0) is 12.8. The van der Waals surface area contributed by atoms with E-state index in [1.807, 2.05) is 0 Å². The van der Waals surface area contributed by atoms with Gasteiger partial charge in [0.2, 0.25) is 0 Å². The molecule has 5 nitrogen and oxygen atoms in total. The molecule has 1 aromatic carbocycles. The molecular weight excluding hydrogens is 267 g/mol. The Morgan fingerprint density at radius 1 is 1.17 bits per heavy atom. The molecule has 1 atom stereocenters. The maximum atomic E-state index is 12.0. The van der Waals surface area contributed by atoms with Crippen molar-refractivity contribution in [3.63, 3.8) is 0 Å². The first-order chi connectivity index (χ1) is 7.77. The standard InChI is InChI=1S/C11H10O5S.Na.H/c1-11(17(14,15)16)6-9(12)7-4-2-3-5-8(7)10(11)13;;/h2-5H,6H2,1H3,(H,14,15,16);;. The molecule has 0 saturated heterocycles. The first-order valence-electron chi connectivity index (χ1n) is 4.91. The molecule has 1 aliphatic carbocycles. The quantitative estimate of drug-likeness (QED) is 0.595. The second-order valence-electron chi connectivity index (χ2n) is 4.18. The number of hydrogen-bond acceptors (Lipinski definition) is 4. The SMILES string of the molecule is CC1(S(=O)(=O)O)CC(=O)c2ccccc2C1=O.[NaH]. The Labute approximate surface area is 127 Å². The molecule has 0 bridgehead atoms. The number of carbonyl (C=O) groups is 2. The van der Waals surface area contributed by atoms with E-state index in [4.69, 9.17) is 4.55 Å². The van der Waals surface area contributed by atoms with Crippen LogP contribution in [0, 0.1) is 0 Å². The summed E-state index contributed by atoms with van der Waals surface area (Å²) in [5, 5.41) is 0. The molecule has 7 heteroatoms. The van der Waals surface area contributed by atoms with Crippen molar-refractivity contribution in [3.8, 4) is 0 Å². The minimum absolute atomic E-state index is 0. The summed E-state index contributed by atoms with van der Waals surface area (Å²) in [4.78, 5) is 23.8. The fourth-order valence-corrected chi connectivity index (χ4v) is 2.56. The van der Waals surface area contributed by atoms with Crippen molar-refractivity contribution >= 4 is 51.2 Å². The molecule has 1 N–H and O–H groups in total.